The number of rotatable bonds is 6. The van der Waals surface area contributed by atoms with Crippen molar-refractivity contribution in [2.75, 3.05) is 20.6 Å². The van der Waals surface area contributed by atoms with Crippen molar-refractivity contribution in [2.24, 2.45) is 0 Å². The molecule has 0 saturated carbocycles. The van der Waals surface area contributed by atoms with Crippen molar-refractivity contribution in [1.82, 2.24) is 10.2 Å². The van der Waals surface area contributed by atoms with Gasteiger partial charge in [-0.05, 0) is 51.4 Å². The van der Waals surface area contributed by atoms with Crippen LogP contribution in [0.3, 0.4) is 0 Å². The normalized spacial score (nSPS) is 14.4. The molecule has 0 bridgehead atoms. The van der Waals surface area contributed by atoms with Crippen molar-refractivity contribution < 1.29 is 13.2 Å². The van der Waals surface area contributed by atoms with Crippen LogP contribution in [0.1, 0.15) is 30.3 Å². The van der Waals surface area contributed by atoms with Gasteiger partial charge >= 0.3 is 0 Å². The van der Waals surface area contributed by atoms with Crippen molar-refractivity contribution in [2.45, 2.75) is 19.0 Å². The molecular weight excluding hydrogens is 274 g/mol. The lowest BCUT2D eigenvalue weighted by molar-refractivity contribution is 0.244. The number of likely N-dealkylation sites (N-methyl/N-ethyl adjacent to an activating group) is 1. The van der Waals surface area contributed by atoms with Crippen molar-refractivity contribution >= 4 is 0 Å². The van der Waals surface area contributed by atoms with Gasteiger partial charge in [0.15, 0.2) is 0 Å². The van der Waals surface area contributed by atoms with E-state index in [2.05, 4.69) is 5.32 Å². The molecule has 1 heterocycles. The lowest BCUT2D eigenvalue weighted by Gasteiger charge is -2.25. The molecule has 1 aromatic carbocycles. The number of nitrogens with one attached hydrogen (secondary N) is 1. The zero-order valence-electron chi connectivity index (χ0n) is 12.4. The van der Waals surface area contributed by atoms with Crippen LogP contribution in [0.2, 0.25) is 0 Å². The van der Waals surface area contributed by atoms with Gasteiger partial charge in [0.05, 0.1) is 12.3 Å². The molecule has 5 heteroatoms. The molecule has 0 spiro atoms. The molecule has 3 nitrogen and oxygen atoms in total. The average molecular weight is 294 g/mol. The highest BCUT2D eigenvalue weighted by molar-refractivity contribution is 5.22. The fraction of sp³-hybridized carbons (Fsp3) is 0.375. The number of benzene rings is 1. The molecule has 1 aromatic heterocycles. The minimum Gasteiger partial charge on any atom is -0.468 e. The van der Waals surface area contributed by atoms with Crippen LogP contribution >= 0.6 is 0 Å². The summed E-state index contributed by atoms with van der Waals surface area (Å²) in [7, 11) is 3.89. The third kappa shape index (κ3) is 3.89. The largest absolute Gasteiger partial charge is 0.468 e. The molecule has 0 fully saturated rings. The van der Waals surface area contributed by atoms with E-state index >= 15 is 0 Å². The molecule has 21 heavy (non-hydrogen) atoms. The Hall–Kier alpha value is -1.72. The fourth-order valence-corrected chi connectivity index (χ4v) is 2.26. The van der Waals surface area contributed by atoms with E-state index in [-0.39, 0.29) is 12.1 Å². The third-order valence-corrected chi connectivity index (χ3v) is 3.54. The minimum absolute atomic E-state index is 0.0269. The van der Waals surface area contributed by atoms with Gasteiger partial charge in [-0.1, -0.05) is 0 Å². The summed E-state index contributed by atoms with van der Waals surface area (Å²) in [5.41, 5.74) is 0.326. The third-order valence-electron chi connectivity index (χ3n) is 3.54. The van der Waals surface area contributed by atoms with Gasteiger partial charge in [0, 0.05) is 18.2 Å². The summed E-state index contributed by atoms with van der Waals surface area (Å²) >= 11 is 0. The molecule has 2 unspecified atom stereocenters. The van der Waals surface area contributed by atoms with Gasteiger partial charge in [0.25, 0.3) is 0 Å². The summed E-state index contributed by atoms with van der Waals surface area (Å²) in [6.07, 6.45) is 1.63. The molecule has 0 amide bonds. The first-order valence-corrected chi connectivity index (χ1v) is 6.87. The maximum absolute atomic E-state index is 13.7. The van der Waals surface area contributed by atoms with Crippen LogP contribution in [0, 0.1) is 11.6 Å². The minimum atomic E-state index is -0.435. The zero-order chi connectivity index (χ0) is 15.4. The second-order valence-corrected chi connectivity index (χ2v) is 5.29. The van der Waals surface area contributed by atoms with Gasteiger partial charge in [0.1, 0.15) is 17.4 Å². The van der Waals surface area contributed by atoms with Crippen LogP contribution in [0.4, 0.5) is 8.78 Å². The summed E-state index contributed by atoms with van der Waals surface area (Å²) in [5.74, 6) is -0.00883. The lowest BCUT2D eigenvalue weighted by atomic mass is 10.1. The molecule has 0 aliphatic heterocycles. The van der Waals surface area contributed by atoms with Crippen LogP contribution in [-0.4, -0.2) is 25.5 Å². The molecular formula is C16H20F2N2O. The average Bonchev–Trinajstić information content (AvgIpc) is 2.95. The maximum Gasteiger partial charge on any atom is 0.128 e. The molecule has 0 saturated heterocycles. The topological polar surface area (TPSA) is 28.4 Å². The Morgan fingerprint density at radius 1 is 1.24 bits per heavy atom. The van der Waals surface area contributed by atoms with E-state index in [1.54, 1.807) is 6.26 Å². The molecule has 1 N–H and O–H groups in total. The zero-order valence-corrected chi connectivity index (χ0v) is 12.4. The first-order chi connectivity index (χ1) is 9.99. The van der Waals surface area contributed by atoms with E-state index in [0.29, 0.717) is 12.1 Å². The lowest BCUT2D eigenvalue weighted by Crippen LogP contribution is -2.32. The SMILES string of the molecule is CC(NCC(c1ccco1)N(C)C)c1cc(F)ccc1F. The predicted molar refractivity (Wildman–Crippen MR) is 77.9 cm³/mol. The Kier molecular flexibility index (Phi) is 5.09. The Morgan fingerprint density at radius 2 is 2.00 bits per heavy atom. The van der Waals surface area contributed by atoms with Crippen molar-refractivity contribution in [3.63, 3.8) is 0 Å². The summed E-state index contributed by atoms with van der Waals surface area (Å²) in [6, 6.07) is 6.97. The van der Waals surface area contributed by atoms with Gasteiger partial charge in [0.2, 0.25) is 0 Å². The number of halogens is 2. The van der Waals surface area contributed by atoms with Gasteiger partial charge in [-0.3, -0.25) is 4.90 Å². The quantitative estimate of drug-likeness (QED) is 0.883. The fourth-order valence-electron chi connectivity index (χ4n) is 2.26. The van der Waals surface area contributed by atoms with E-state index in [4.69, 9.17) is 4.42 Å². The number of nitrogens with zero attached hydrogens (tertiary/aromatic N) is 1. The monoisotopic (exact) mass is 294 g/mol. The Bertz CT molecular complexity index is 570. The smallest absolute Gasteiger partial charge is 0.128 e. The van der Waals surface area contributed by atoms with Crippen molar-refractivity contribution in [3.05, 3.63) is 59.6 Å². The highest BCUT2D eigenvalue weighted by atomic mass is 19.1. The molecule has 0 aliphatic carbocycles. The van der Waals surface area contributed by atoms with E-state index in [1.807, 2.05) is 38.1 Å². The van der Waals surface area contributed by atoms with Crippen molar-refractivity contribution in [3.8, 4) is 0 Å². The van der Waals surface area contributed by atoms with Gasteiger partial charge in [-0.25, -0.2) is 8.78 Å². The van der Waals surface area contributed by atoms with Crippen molar-refractivity contribution in [1.29, 1.82) is 0 Å². The second-order valence-electron chi connectivity index (χ2n) is 5.29. The van der Waals surface area contributed by atoms with Crippen LogP contribution < -0.4 is 5.32 Å². The number of furan rings is 1. The standard InChI is InChI=1S/C16H20F2N2O/c1-11(13-9-12(17)6-7-14(13)18)19-10-15(20(2)3)16-5-4-8-21-16/h4-9,11,15,19H,10H2,1-3H3. The van der Waals surface area contributed by atoms with E-state index in [0.717, 1.165) is 17.9 Å². The van der Waals surface area contributed by atoms with E-state index in [9.17, 15) is 8.78 Å². The van der Waals surface area contributed by atoms with Crippen LogP contribution in [0.25, 0.3) is 0 Å². The molecule has 114 valence electrons. The summed E-state index contributed by atoms with van der Waals surface area (Å²) in [6.45, 7) is 2.38. The molecule has 2 atom stereocenters. The van der Waals surface area contributed by atoms with Crippen LogP contribution in [0.15, 0.2) is 41.0 Å². The molecule has 0 aliphatic rings. The van der Waals surface area contributed by atoms with Crippen LogP contribution in [0.5, 0.6) is 0 Å². The van der Waals surface area contributed by atoms with Gasteiger partial charge in [-0.2, -0.15) is 0 Å². The molecule has 0 radical (unpaired) electrons. The highest BCUT2D eigenvalue weighted by Gasteiger charge is 2.19. The Morgan fingerprint density at radius 3 is 2.62 bits per heavy atom. The molecule has 2 aromatic rings. The Labute approximate surface area is 123 Å². The first kappa shape index (κ1) is 15.7. The summed E-state index contributed by atoms with van der Waals surface area (Å²) < 4.78 is 32.4. The van der Waals surface area contributed by atoms with Gasteiger partial charge < -0.3 is 9.73 Å². The maximum atomic E-state index is 13.7. The van der Waals surface area contributed by atoms with Crippen LogP contribution in [-0.2, 0) is 0 Å². The van der Waals surface area contributed by atoms with Gasteiger partial charge in [-0.15, -0.1) is 0 Å². The second kappa shape index (κ2) is 6.83. The predicted octanol–water partition coefficient (Wildman–Crippen LogP) is 3.51. The Balaban J connectivity index is 2.05. The number of hydrogen-bond acceptors (Lipinski definition) is 3. The first-order valence-electron chi connectivity index (χ1n) is 6.87. The summed E-state index contributed by atoms with van der Waals surface area (Å²) in [5, 5.41) is 3.23. The highest BCUT2D eigenvalue weighted by Crippen LogP contribution is 2.21. The number of hydrogen-bond donors (Lipinski definition) is 1. The molecule has 2 rings (SSSR count). The van der Waals surface area contributed by atoms with E-state index < -0.39 is 11.6 Å². The van der Waals surface area contributed by atoms with E-state index in [1.165, 1.54) is 6.07 Å². The summed E-state index contributed by atoms with van der Waals surface area (Å²) in [4.78, 5) is 2.01.